The lowest BCUT2D eigenvalue weighted by molar-refractivity contribution is -0.126. The van der Waals surface area contributed by atoms with E-state index in [9.17, 15) is 4.79 Å². The molecule has 0 fully saturated rings. The van der Waals surface area contributed by atoms with Crippen molar-refractivity contribution in [2.24, 2.45) is 5.73 Å². The van der Waals surface area contributed by atoms with Crippen LogP contribution in [-0.4, -0.2) is 49.9 Å². The highest BCUT2D eigenvalue weighted by Gasteiger charge is 2.32. The van der Waals surface area contributed by atoms with Gasteiger partial charge in [-0.1, -0.05) is 44.2 Å². The molecule has 0 saturated heterocycles. The normalized spacial score (nSPS) is 15.8. The SMILES string of the molecule is C=C1N(C)C(=O)C2=C(NCCN2)N1C.CCCc1ccccc1C.CN. The molecule has 2 aliphatic heterocycles. The molecule has 1 aromatic rings. The number of hydrogen-bond acceptors (Lipinski definition) is 5. The molecule has 26 heavy (non-hydrogen) atoms. The van der Waals surface area contributed by atoms with Crippen LogP contribution in [-0.2, 0) is 11.2 Å². The van der Waals surface area contributed by atoms with Crippen LogP contribution >= 0.6 is 0 Å². The molecular weight excluding hydrogens is 326 g/mol. The van der Waals surface area contributed by atoms with Crippen LogP contribution in [0.15, 0.2) is 48.2 Å². The number of hydrogen-bond donors (Lipinski definition) is 3. The Balaban J connectivity index is 0.000000249. The van der Waals surface area contributed by atoms with E-state index in [1.165, 1.54) is 31.0 Å². The lowest BCUT2D eigenvalue weighted by atomic mass is 10.1. The predicted molar refractivity (Wildman–Crippen MR) is 108 cm³/mol. The van der Waals surface area contributed by atoms with Gasteiger partial charge in [0.25, 0.3) is 5.91 Å². The Morgan fingerprint density at radius 3 is 2.35 bits per heavy atom. The molecule has 0 bridgehead atoms. The van der Waals surface area contributed by atoms with Crippen molar-refractivity contribution >= 4 is 5.91 Å². The fraction of sp³-hybridized carbons (Fsp3) is 0.450. The Bertz CT molecular complexity index is 653. The number of aryl methyl sites for hydroxylation is 2. The molecule has 2 heterocycles. The zero-order valence-corrected chi connectivity index (χ0v) is 16.7. The number of carbonyl (C=O) groups is 1. The summed E-state index contributed by atoms with van der Waals surface area (Å²) in [5, 5.41) is 6.28. The Morgan fingerprint density at radius 1 is 1.12 bits per heavy atom. The van der Waals surface area contributed by atoms with Crippen molar-refractivity contribution in [1.29, 1.82) is 0 Å². The molecule has 2 aliphatic rings. The number of nitrogens with one attached hydrogen (secondary N) is 2. The van der Waals surface area contributed by atoms with E-state index < -0.39 is 0 Å². The minimum Gasteiger partial charge on any atom is -0.376 e. The summed E-state index contributed by atoms with van der Waals surface area (Å²) in [4.78, 5) is 15.2. The van der Waals surface area contributed by atoms with E-state index in [1.807, 2.05) is 11.9 Å². The Hall–Kier alpha value is -2.47. The van der Waals surface area contributed by atoms with E-state index in [0.717, 1.165) is 18.9 Å². The number of carbonyl (C=O) groups excluding carboxylic acids is 1. The molecule has 1 amide bonds. The van der Waals surface area contributed by atoms with E-state index in [4.69, 9.17) is 0 Å². The van der Waals surface area contributed by atoms with Crippen molar-refractivity contribution in [2.75, 3.05) is 34.2 Å². The zero-order valence-electron chi connectivity index (χ0n) is 16.7. The van der Waals surface area contributed by atoms with Crippen LogP contribution in [0.25, 0.3) is 0 Å². The predicted octanol–water partition coefficient (Wildman–Crippen LogP) is 1.75. The van der Waals surface area contributed by atoms with E-state index in [0.29, 0.717) is 11.5 Å². The second kappa shape index (κ2) is 10.5. The van der Waals surface area contributed by atoms with E-state index in [-0.39, 0.29) is 5.91 Å². The van der Waals surface area contributed by atoms with Gasteiger partial charge < -0.3 is 21.3 Å². The van der Waals surface area contributed by atoms with Gasteiger partial charge >= 0.3 is 0 Å². The smallest absolute Gasteiger partial charge is 0.278 e. The summed E-state index contributed by atoms with van der Waals surface area (Å²) in [6.07, 6.45) is 2.46. The maximum absolute atomic E-state index is 11.8. The summed E-state index contributed by atoms with van der Waals surface area (Å²) < 4.78 is 0. The third kappa shape index (κ3) is 5.02. The van der Waals surface area contributed by atoms with E-state index in [2.05, 4.69) is 61.1 Å². The Morgan fingerprint density at radius 2 is 1.73 bits per heavy atom. The van der Waals surface area contributed by atoms with Gasteiger partial charge in [-0.25, -0.2) is 0 Å². The molecule has 6 nitrogen and oxygen atoms in total. The third-order valence-corrected chi connectivity index (χ3v) is 4.36. The standard InChI is InChI=1S/C10H14.C9H14N4O.CH5N/c1-3-6-10-8-5-4-7-9(10)2;1-6-12(2)8-7(9(14)13(6)3)10-4-5-11-8;1-2/h4-5,7-8H,3,6H2,1-2H3;10-11H,1,4-5H2,2-3H3;2H2,1H3. The fourth-order valence-electron chi connectivity index (χ4n) is 2.80. The summed E-state index contributed by atoms with van der Waals surface area (Å²) >= 11 is 0. The Kier molecular flexibility index (Phi) is 8.72. The van der Waals surface area contributed by atoms with Gasteiger partial charge in [0.1, 0.15) is 17.3 Å². The molecule has 1 aromatic carbocycles. The minimum absolute atomic E-state index is 0.0321. The van der Waals surface area contributed by atoms with Crippen LogP contribution < -0.4 is 16.4 Å². The molecule has 0 saturated carbocycles. The molecule has 0 aromatic heterocycles. The highest BCUT2D eigenvalue weighted by Crippen LogP contribution is 2.21. The molecule has 0 spiro atoms. The molecular formula is C20H33N5O. The summed E-state index contributed by atoms with van der Waals surface area (Å²) in [5.41, 5.74) is 8.04. The molecule has 3 rings (SSSR count). The van der Waals surface area contributed by atoms with Crippen LogP contribution in [0.1, 0.15) is 24.5 Å². The number of rotatable bonds is 2. The summed E-state index contributed by atoms with van der Waals surface area (Å²) in [6.45, 7) is 9.84. The highest BCUT2D eigenvalue weighted by atomic mass is 16.2. The van der Waals surface area contributed by atoms with Crippen LogP contribution in [0, 0.1) is 6.92 Å². The first-order chi connectivity index (χ1) is 12.5. The number of nitrogens with two attached hydrogens (primary N) is 1. The van der Waals surface area contributed by atoms with Crippen molar-refractivity contribution < 1.29 is 4.79 Å². The molecule has 0 radical (unpaired) electrons. The number of nitrogens with zero attached hydrogens (tertiary/aromatic N) is 2. The topological polar surface area (TPSA) is 73.6 Å². The maximum Gasteiger partial charge on any atom is 0.278 e. The van der Waals surface area contributed by atoms with E-state index in [1.54, 1.807) is 11.9 Å². The van der Waals surface area contributed by atoms with Crippen molar-refractivity contribution in [3.8, 4) is 0 Å². The fourth-order valence-corrected chi connectivity index (χ4v) is 2.80. The van der Waals surface area contributed by atoms with Gasteiger partial charge in [0.2, 0.25) is 0 Å². The molecule has 6 heteroatoms. The summed E-state index contributed by atoms with van der Waals surface area (Å²) in [7, 11) is 5.11. The van der Waals surface area contributed by atoms with Gasteiger partial charge in [0.15, 0.2) is 0 Å². The van der Waals surface area contributed by atoms with Crippen molar-refractivity contribution in [1.82, 2.24) is 20.4 Å². The lowest BCUT2D eigenvalue weighted by Crippen LogP contribution is -2.52. The first-order valence-electron chi connectivity index (χ1n) is 9.02. The summed E-state index contributed by atoms with van der Waals surface area (Å²) in [5.74, 6) is 1.48. The van der Waals surface area contributed by atoms with Gasteiger partial charge in [-0.05, 0) is 31.5 Å². The van der Waals surface area contributed by atoms with Gasteiger partial charge in [-0.2, -0.15) is 0 Å². The van der Waals surface area contributed by atoms with Gasteiger partial charge in [-0.15, -0.1) is 0 Å². The van der Waals surface area contributed by atoms with Gasteiger partial charge in [-0.3, -0.25) is 9.69 Å². The molecule has 0 aliphatic carbocycles. The second-order valence-electron chi connectivity index (χ2n) is 6.09. The zero-order chi connectivity index (χ0) is 19.7. The van der Waals surface area contributed by atoms with E-state index >= 15 is 0 Å². The average molecular weight is 360 g/mol. The number of amides is 1. The lowest BCUT2D eigenvalue weighted by Gasteiger charge is -2.39. The van der Waals surface area contributed by atoms with Crippen LogP contribution in [0.3, 0.4) is 0 Å². The average Bonchev–Trinajstić information content (AvgIpc) is 2.69. The molecule has 144 valence electrons. The van der Waals surface area contributed by atoms with Crippen LogP contribution in [0.4, 0.5) is 0 Å². The summed E-state index contributed by atoms with van der Waals surface area (Å²) in [6, 6.07) is 8.58. The largest absolute Gasteiger partial charge is 0.376 e. The maximum atomic E-state index is 11.8. The first-order valence-corrected chi connectivity index (χ1v) is 9.02. The monoisotopic (exact) mass is 359 g/mol. The molecule has 0 unspecified atom stereocenters. The second-order valence-corrected chi connectivity index (χ2v) is 6.09. The third-order valence-electron chi connectivity index (χ3n) is 4.36. The first kappa shape index (κ1) is 21.6. The number of likely N-dealkylation sites (N-methyl/N-ethyl adjacent to an activating group) is 1. The highest BCUT2D eigenvalue weighted by molar-refractivity contribution is 5.95. The van der Waals surface area contributed by atoms with Gasteiger partial charge in [0.05, 0.1) is 0 Å². The minimum atomic E-state index is -0.0321. The van der Waals surface area contributed by atoms with Crippen LogP contribution in [0.5, 0.6) is 0 Å². The van der Waals surface area contributed by atoms with Crippen molar-refractivity contribution in [3.63, 3.8) is 0 Å². The quantitative estimate of drug-likeness (QED) is 0.750. The van der Waals surface area contributed by atoms with Gasteiger partial charge in [0, 0.05) is 27.2 Å². The van der Waals surface area contributed by atoms with Crippen LogP contribution in [0.2, 0.25) is 0 Å². The number of benzene rings is 1. The Labute approximate surface area is 157 Å². The molecule has 0 atom stereocenters. The van der Waals surface area contributed by atoms with Crippen molar-refractivity contribution in [2.45, 2.75) is 26.7 Å². The molecule has 4 N–H and O–H groups in total. The van der Waals surface area contributed by atoms with Crippen molar-refractivity contribution in [3.05, 3.63) is 59.3 Å².